The predicted molar refractivity (Wildman–Crippen MR) is 95.0 cm³/mol. The molecular formula is C20H15BrO. The Hall–Kier alpha value is -2.06. The van der Waals surface area contributed by atoms with Gasteiger partial charge in [-0.1, -0.05) is 82.7 Å². The molecule has 1 aromatic heterocycles. The van der Waals surface area contributed by atoms with Crippen molar-refractivity contribution in [2.75, 3.05) is 0 Å². The molecule has 1 aliphatic rings. The van der Waals surface area contributed by atoms with Crippen LogP contribution in [0.15, 0.2) is 83.5 Å². The van der Waals surface area contributed by atoms with Gasteiger partial charge in [0, 0.05) is 10.9 Å². The minimum absolute atomic E-state index is 0.197. The van der Waals surface area contributed by atoms with E-state index in [0.29, 0.717) is 0 Å². The van der Waals surface area contributed by atoms with Crippen LogP contribution < -0.4 is 0 Å². The molecule has 0 fully saturated rings. The molecule has 1 heterocycles. The van der Waals surface area contributed by atoms with E-state index in [1.165, 1.54) is 22.1 Å². The minimum atomic E-state index is -0.197. The zero-order valence-corrected chi connectivity index (χ0v) is 13.6. The lowest BCUT2D eigenvalue weighted by Crippen LogP contribution is -2.15. The number of rotatable bonds is 2. The maximum Gasteiger partial charge on any atom is 0.134 e. The number of para-hydroxylation sites is 1. The molecule has 0 N–H and O–H groups in total. The molecule has 0 radical (unpaired) electrons. The number of hydrogen-bond acceptors (Lipinski definition) is 1. The van der Waals surface area contributed by atoms with Crippen LogP contribution in [0.4, 0.5) is 0 Å². The van der Waals surface area contributed by atoms with Crippen LogP contribution in [-0.2, 0) is 4.32 Å². The second-order valence-corrected chi connectivity index (χ2v) is 6.99. The summed E-state index contributed by atoms with van der Waals surface area (Å²) in [4.78, 5) is 0. The summed E-state index contributed by atoms with van der Waals surface area (Å²) in [5.74, 6) is 0. The van der Waals surface area contributed by atoms with E-state index in [1.54, 1.807) is 0 Å². The highest BCUT2D eigenvalue weighted by molar-refractivity contribution is 9.09. The first-order valence-corrected chi connectivity index (χ1v) is 8.16. The van der Waals surface area contributed by atoms with Gasteiger partial charge in [0.05, 0.1) is 10.6 Å². The van der Waals surface area contributed by atoms with E-state index in [9.17, 15) is 0 Å². The summed E-state index contributed by atoms with van der Waals surface area (Å²) in [7, 11) is 0. The van der Waals surface area contributed by atoms with Crippen LogP contribution in [0.2, 0.25) is 0 Å². The Kier molecular flexibility index (Phi) is 3.27. The van der Waals surface area contributed by atoms with E-state index in [2.05, 4.69) is 70.6 Å². The van der Waals surface area contributed by atoms with E-state index >= 15 is 0 Å². The fourth-order valence-corrected chi connectivity index (χ4v) is 3.56. The number of halogens is 1. The van der Waals surface area contributed by atoms with Crippen molar-refractivity contribution in [3.63, 3.8) is 0 Å². The average molecular weight is 351 g/mol. The van der Waals surface area contributed by atoms with Gasteiger partial charge in [-0.2, -0.15) is 0 Å². The summed E-state index contributed by atoms with van der Waals surface area (Å²) in [5.41, 5.74) is 4.64. The van der Waals surface area contributed by atoms with Crippen LogP contribution in [0.3, 0.4) is 0 Å². The summed E-state index contributed by atoms with van der Waals surface area (Å²) in [6, 6.07) is 18.6. The molecule has 0 amide bonds. The van der Waals surface area contributed by atoms with Gasteiger partial charge in [-0.25, -0.2) is 0 Å². The van der Waals surface area contributed by atoms with E-state index in [0.717, 1.165) is 12.0 Å². The highest BCUT2D eigenvalue weighted by Gasteiger charge is 2.30. The largest absolute Gasteiger partial charge is 0.464 e. The second-order valence-electron chi connectivity index (χ2n) is 5.57. The smallest absolute Gasteiger partial charge is 0.134 e. The molecule has 2 aromatic carbocycles. The summed E-state index contributed by atoms with van der Waals surface area (Å²) in [5, 5.41) is 1.17. The first kappa shape index (κ1) is 13.6. The minimum Gasteiger partial charge on any atom is -0.464 e. The second kappa shape index (κ2) is 5.29. The van der Waals surface area contributed by atoms with Crippen molar-refractivity contribution < 1.29 is 4.42 Å². The van der Waals surface area contributed by atoms with Gasteiger partial charge in [0.25, 0.3) is 0 Å². The fraction of sp³-hybridized carbons (Fsp3) is 0.100. The molecule has 1 aliphatic carbocycles. The Labute approximate surface area is 138 Å². The Morgan fingerprint density at radius 1 is 0.955 bits per heavy atom. The topological polar surface area (TPSA) is 13.1 Å². The van der Waals surface area contributed by atoms with Crippen LogP contribution >= 0.6 is 15.9 Å². The van der Waals surface area contributed by atoms with Crippen LogP contribution in [0.5, 0.6) is 0 Å². The van der Waals surface area contributed by atoms with Gasteiger partial charge < -0.3 is 4.42 Å². The highest BCUT2D eigenvalue weighted by Crippen LogP contribution is 2.44. The molecule has 1 nitrogen and oxygen atoms in total. The van der Waals surface area contributed by atoms with Gasteiger partial charge >= 0.3 is 0 Å². The summed E-state index contributed by atoms with van der Waals surface area (Å²) in [6.45, 7) is 0. The molecule has 0 saturated heterocycles. The van der Waals surface area contributed by atoms with Crippen molar-refractivity contribution in [2.24, 2.45) is 0 Å². The number of alkyl halides is 1. The van der Waals surface area contributed by atoms with E-state index in [-0.39, 0.29) is 4.32 Å². The maximum absolute atomic E-state index is 5.69. The number of fused-ring (bicyclic) bond motifs is 1. The lowest BCUT2D eigenvalue weighted by Gasteiger charge is -2.25. The van der Waals surface area contributed by atoms with Crippen molar-refractivity contribution in [2.45, 2.75) is 10.7 Å². The van der Waals surface area contributed by atoms with Crippen molar-refractivity contribution in [3.8, 4) is 0 Å². The molecule has 2 heteroatoms. The van der Waals surface area contributed by atoms with Crippen LogP contribution in [-0.4, -0.2) is 0 Å². The van der Waals surface area contributed by atoms with Crippen molar-refractivity contribution in [3.05, 3.63) is 90.2 Å². The van der Waals surface area contributed by atoms with Gasteiger partial charge in [-0.05, 0) is 23.6 Å². The van der Waals surface area contributed by atoms with Crippen LogP contribution in [0.1, 0.15) is 17.5 Å². The zero-order chi connectivity index (χ0) is 15.0. The van der Waals surface area contributed by atoms with Gasteiger partial charge in [0.2, 0.25) is 0 Å². The van der Waals surface area contributed by atoms with E-state index < -0.39 is 0 Å². The van der Waals surface area contributed by atoms with Crippen LogP contribution in [0, 0.1) is 0 Å². The molecule has 0 bridgehead atoms. The molecule has 108 valence electrons. The third-order valence-corrected chi connectivity index (χ3v) is 5.20. The highest BCUT2D eigenvalue weighted by atomic mass is 79.9. The van der Waals surface area contributed by atoms with E-state index in [4.69, 9.17) is 4.42 Å². The maximum atomic E-state index is 5.69. The summed E-state index contributed by atoms with van der Waals surface area (Å²) >= 11 is 3.91. The quantitative estimate of drug-likeness (QED) is 0.511. The van der Waals surface area contributed by atoms with Crippen molar-refractivity contribution >= 4 is 32.5 Å². The standard InChI is InChI=1S/C20H15BrO/c21-20(18-14-22-19-9-5-4-8-17(18)19)12-10-16(11-13-20)15-6-2-1-3-7-15/h1-12,14H,13H2. The summed E-state index contributed by atoms with van der Waals surface area (Å²) < 4.78 is 5.50. The fourth-order valence-electron chi connectivity index (χ4n) is 2.96. The third-order valence-electron chi connectivity index (χ3n) is 4.18. The Morgan fingerprint density at radius 3 is 2.50 bits per heavy atom. The molecule has 4 rings (SSSR count). The molecule has 1 unspecified atom stereocenters. The first-order chi connectivity index (χ1) is 10.8. The van der Waals surface area contributed by atoms with Gasteiger partial charge in [0.1, 0.15) is 5.58 Å². The lowest BCUT2D eigenvalue weighted by molar-refractivity contribution is 0.604. The Balaban J connectivity index is 1.70. The molecule has 0 aliphatic heterocycles. The molecule has 1 atom stereocenters. The normalized spacial score (nSPS) is 21.0. The van der Waals surface area contributed by atoms with Crippen LogP contribution in [0.25, 0.3) is 16.5 Å². The first-order valence-electron chi connectivity index (χ1n) is 7.37. The molecule has 3 aromatic rings. The monoisotopic (exact) mass is 350 g/mol. The number of allylic oxidation sites excluding steroid dienone is 4. The number of furan rings is 1. The number of hydrogen-bond donors (Lipinski definition) is 0. The molecule has 22 heavy (non-hydrogen) atoms. The predicted octanol–water partition coefficient (Wildman–Crippen LogP) is 6.07. The van der Waals surface area contributed by atoms with Gasteiger partial charge in [-0.15, -0.1) is 0 Å². The average Bonchev–Trinajstić information content (AvgIpc) is 3.01. The lowest BCUT2D eigenvalue weighted by atomic mass is 9.88. The molecule has 0 saturated carbocycles. The SMILES string of the molecule is BrC1(c2coc3ccccc23)C=CC(c2ccccc2)=CC1. The molecule has 0 spiro atoms. The summed E-state index contributed by atoms with van der Waals surface area (Å²) in [6.07, 6.45) is 9.47. The van der Waals surface area contributed by atoms with Crippen molar-refractivity contribution in [1.82, 2.24) is 0 Å². The Bertz CT molecular complexity index is 873. The third kappa shape index (κ3) is 2.24. The number of benzene rings is 2. The van der Waals surface area contributed by atoms with Gasteiger partial charge in [-0.3, -0.25) is 0 Å². The van der Waals surface area contributed by atoms with Crippen molar-refractivity contribution in [1.29, 1.82) is 0 Å². The molecular weight excluding hydrogens is 336 g/mol. The Morgan fingerprint density at radius 2 is 1.73 bits per heavy atom. The van der Waals surface area contributed by atoms with Gasteiger partial charge in [0.15, 0.2) is 0 Å². The zero-order valence-electron chi connectivity index (χ0n) is 12.0. The van der Waals surface area contributed by atoms with E-state index in [1.807, 2.05) is 24.5 Å².